The number of nitrogens with two attached hydrogens (primary N) is 1. The Morgan fingerprint density at radius 1 is 1.42 bits per heavy atom. The largest absolute Gasteiger partial charge is 0.370 e. The molecule has 0 aliphatic carbocycles. The zero-order valence-electron chi connectivity index (χ0n) is 10.6. The van der Waals surface area contributed by atoms with E-state index in [0.717, 1.165) is 24.6 Å². The lowest BCUT2D eigenvalue weighted by molar-refractivity contribution is 0.456. The number of aliphatic imine (C=N–C) groups is 1. The third kappa shape index (κ3) is 4.01. The first-order valence-corrected chi connectivity index (χ1v) is 7.77. The lowest BCUT2D eigenvalue weighted by Gasteiger charge is -2.27. The summed E-state index contributed by atoms with van der Waals surface area (Å²) in [5.74, 6) is 2.42. The Labute approximate surface area is 122 Å². The van der Waals surface area contributed by atoms with Crippen LogP contribution in [0, 0.1) is 5.82 Å². The first-order chi connectivity index (χ1) is 9.18. The number of nitrogens with zero attached hydrogens (tertiary/aromatic N) is 2. The number of hydrogen-bond acceptors (Lipinski definition) is 2. The van der Waals surface area contributed by atoms with E-state index in [1.54, 1.807) is 12.1 Å². The SMILES string of the molecule is NC(=NCCc1c(F)cccc1Cl)N1CCSCC1. The Morgan fingerprint density at radius 2 is 2.16 bits per heavy atom. The number of thioether (sulfide) groups is 1. The maximum atomic E-state index is 13.6. The van der Waals surface area contributed by atoms with Gasteiger partial charge in [0.1, 0.15) is 5.82 Å². The van der Waals surface area contributed by atoms with Crippen LogP contribution in [-0.4, -0.2) is 42.0 Å². The van der Waals surface area contributed by atoms with Crippen LogP contribution in [-0.2, 0) is 6.42 Å². The normalized spacial score (nSPS) is 16.7. The molecule has 0 spiro atoms. The highest BCUT2D eigenvalue weighted by atomic mass is 35.5. The molecule has 1 heterocycles. The van der Waals surface area contributed by atoms with Crippen LogP contribution in [0.1, 0.15) is 5.56 Å². The van der Waals surface area contributed by atoms with Crippen LogP contribution in [0.3, 0.4) is 0 Å². The number of hydrogen-bond donors (Lipinski definition) is 1. The highest BCUT2D eigenvalue weighted by molar-refractivity contribution is 7.99. The van der Waals surface area contributed by atoms with Crippen LogP contribution in [0.5, 0.6) is 0 Å². The molecular formula is C13H17ClFN3S. The molecule has 0 aromatic heterocycles. The molecule has 0 bridgehead atoms. The number of rotatable bonds is 3. The summed E-state index contributed by atoms with van der Waals surface area (Å²) in [6.45, 7) is 2.32. The van der Waals surface area contributed by atoms with E-state index in [4.69, 9.17) is 17.3 Å². The minimum Gasteiger partial charge on any atom is -0.370 e. The van der Waals surface area contributed by atoms with Crippen molar-refractivity contribution in [3.63, 3.8) is 0 Å². The molecule has 1 fully saturated rings. The predicted octanol–water partition coefficient (Wildman–Crippen LogP) is 2.39. The smallest absolute Gasteiger partial charge is 0.191 e. The fourth-order valence-electron chi connectivity index (χ4n) is 1.95. The topological polar surface area (TPSA) is 41.6 Å². The summed E-state index contributed by atoms with van der Waals surface area (Å²) in [5.41, 5.74) is 6.44. The first-order valence-electron chi connectivity index (χ1n) is 6.24. The molecule has 0 amide bonds. The van der Waals surface area contributed by atoms with Crippen LogP contribution >= 0.6 is 23.4 Å². The van der Waals surface area contributed by atoms with Gasteiger partial charge in [-0.25, -0.2) is 4.39 Å². The maximum absolute atomic E-state index is 13.6. The van der Waals surface area contributed by atoms with Crippen molar-refractivity contribution in [3.05, 3.63) is 34.6 Å². The van der Waals surface area contributed by atoms with E-state index < -0.39 is 0 Å². The van der Waals surface area contributed by atoms with Crippen LogP contribution in [0.2, 0.25) is 5.02 Å². The molecule has 1 aromatic rings. The van der Waals surface area contributed by atoms with Gasteiger partial charge in [-0.1, -0.05) is 17.7 Å². The van der Waals surface area contributed by atoms with Gasteiger partial charge >= 0.3 is 0 Å². The minimum atomic E-state index is -0.282. The van der Waals surface area contributed by atoms with Gasteiger partial charge in [-0.05, 0) is 18.6 Å². The summed E-state index contributed by atoms with van der Waals surface area (Å²) in [7, 11) is 0. The van der Waals surface area contributed by atoms with Gasteiger partial charge in [0.25, 0.3) is 0 Å². The molecule has 0 saturated carbocycles. The molecule has 1 saturated heterocycles. The standard InChI is InChI=1S/C13H17ClFN3S/c14-11-2-1-3-12(15)10(11)4-5-17-13(16)18-6-8-19-9-7-18/h1-3H,4-9H2,(H2,16,17). The average molecular weight is 302 g/mol. The molecule has 19 heavy (non-hydrogen) atoms. The number of halogens is 2. The van der Waals surface area contributed by atoms with E-state index >= 15 is 0 Å². The molecule has 0 radical (unpaired) electrons. The summed E-state index contributed by atoms with van der Waals surface area (Å²) in [4.78, 5) is 6.38. The van der Waals surface area contributed by atoms with Crippen molar-refractivity contribution in [3.8, 4) is 0 Å². The Hall–Kier alpha value is -0.940. The molecule has 0 atom stereocenters. The van der Waals surface area contributed by atoms with Crippen LogP contribution < -0.4 is 5.73 Å². The highest BCUT2D eigenvalue weighted by Crippen LogP contribution is 2.19. The number of guanidine groups is 1. The molecule has 1 aliphatic heterocycles. The third-order valence-corrected chi connectivity index (χ3v) is 4.33. The zero-order valence-corrected chi connectivity index (χ0v) is 12.2. The predicted molar refractivity (Wildman–Crippen MR) is 80.5 cm³/mol. The van der Waals surface area contributed by atoms with Gasteiger partial charge in [-0.3, -0.25) is 4.99 Å². The van der Waals surface area contributed by atoms with Gasteiger partial charge in [0.15, 0.2) is 5.96 Å². The molecule has 2 rings (SSSR count). The fourth-order valence-corrected chi connectivity index (χ4v) is 3.11. The van der Waals surface area contributed by atoms with E-state index in [1.165, 1.54) is 6.07 Å². The molecule has 1 aromatic carbocycles. The van der Waals surface area contributed by atoms with Gasteiger partial charge in [-0.2, -0.15) is 11.8 Å². The summed E-state index contributed by atoms with van der Waals surface area (Å²) in [6, 6.07) is 4.70. The lowest BCUT2D eigenvalue weighted by atomic mass is 10.1. The second kappa shape index (κ2) is 7.01. The summed E-state index contributed by atoms with van der Waals surface area (Å²) in [6.07, 6.45) is 0.467. The fraction of sp³-hybridized carbons (Fsp3) is 0.462. The minimum absolute atomic E-state index is 0.282. The molecule has 6 heteroatoms. The molecule has 3 nitrogen and oxygen atoms in total. The molecular weight excluding hydrogens is 285 g/mol. The quantitative estimate of drug-likeness (QED) is 0.688. The second-order valence-corrected chi connectivity index (χ2v) is 5.92. The summed E-state index contributed by atoms with van der Waals surface area (Å²) in [5, 5.41) is 0.447. The number of benzene rings is 1. The Bertz CT molecular complexity index is 441. The van der Waals surface area contributed by atoms with E-state index in [-0.39, 0.29) is 5.82 Å². The van der Waals surface area contributed by atoms with Crippen molar-refractivity contribution in [1.29, 1.82) is 0 Å². The molecule has 1 aliphatic rings. The van der Waals surface area contributed by atoms with E-state index in [2.05, 4.69) is 9.89 Å². The van der Waals surface area contributed by atoms with Gasteiger partial charge in [0.05, 0.1) is 0 Å². The second-order valence-electron chi connectivity index (χ2n) is 4.29. The maximum Gasteiger partial charge on any atom is 0.191 e. The van der Waals surface area contributed by atoms with Crippen molar-refractivity contribution in [1.82, 2.24) is 4.90 Å². The van der Waals surface area contributed by atoms with Crippen LogP contribution in [0.15, 0.2) is 23.2 Å². The van der Waals surface area contributed by atoms with Crippen LogP contribution in [0.4, 0.5) is 4.39 Å². The van der Waals surface area contributed by atoms with Crippen LogP contribution in [0.25, 0.3) is 0 Å². The van der Waals surface area contributed by atoms with Crippen molar-refractivity contribution >= 4 is 29.3 Å². The van der Waals surface area contributed by atoms with E-state index in [0.29, 0.717) is 29.5 Å². The highest BCUT2D eigenvalue weighted by Gasteiger charge is 2.12. The van der Waals surface area contributed by atoms with E-state index in [9.17, 15) is 4.39 Å². The van der Waals surface area contributed by atoms with Gasteiger partial charge in [-0.15, -0.1) is 0 Å². The molecule has 2 N–H and O–H groups in total. The van der Waals surface area contributed by atoms with Gasteiger partial charge in [0.2, 0.25) is 0 Å². The summed E-state index contributed by atoms with van der Waals surface area (Å²) >= 11 is 7.88. The lowest BCUT2D eigenvalue weighted by Crippen LogP contribution is -2.42. The summed E-state index contributed by atoms with van der Waals surface area (Å²) < 4.78 is 13.6. The van der Waals surface area contributed by atoms with Crippen molar-refractivity contribution in [2.45, 2.75) is 6.42 Å². The van der Waals surface area contributed by atoms with E-state index in [1.807, 2.05) is 11.8 Å². The zero-order chi connectivity index (χ0) is 13.7. The van der Waals surface area contributed by atoms with Crippen molar-refractivity contribution < 1.29 is 4.39 Å². The average Bonchev–Trinajstić information content (AvgIpc) is 2.43. The van der Waals surface area contributed by atoms with Gasteiger partial charge < -0.3 is 10.6 Å². The Morgan fingerprint density at radius 3 is 2.84 bits per heavy atom. The van der Waals surface area contributed by atoms with Crippen molar-refractivity contribution in [2.75, 3.05) is 31.1 Å². The third-order valence-electron chi connectivity index (χ3n) is 3.03. The Balaban J connectivity index is 1.91. The van der Waals surface area contributed by atoms with Gasteiger partial charge in [0, 0.05) is 41.7 Å². The monoisotopic (exact) mass is 301 g/mol. The first kappa shape index (κ1) is 14.5. The van der Waals surface area contributed by atoms with Crippen molar-refractivity contribution in [2.24, 2.45) is 10.7 Å². The molecule has 104 valence electrons. The molecule has 0 unspecified atom stereocenters. The Kier molecular flexibility index (Phi) is 5.34.